The quantitative estimate of drug-likeness (QED) is 0.805. The second kappa shape index (κ2) is 4.72. The Kier molecular flexibility index (Phi) is 3.31. The largest absolute Gasteiger partial charge is 0.493 e. The van der Waals surface area contributed by atoms with Crippen molar-refractivity contribution >= 4 is 0 Å². The number of fused-ring (bicyclic) bond motifs is 1. The SMILES string of the molecule is CC(O)CCOc1ccc2c(c1)OCC2N. The Labute approximate surface area is 95.0 Å². The highest BCUT2D eigenvalue weighted by atomic mass is 16.5. The van der Waals surface area contributed by atoms with E-state index in [1.165, 1.54) is 0 Å². The molecule has 88 valence electrons. The van der Waals surface area contributed by atoms with E-state index in [1.54, 1.807) is 6.92 Å². The zero-order valence-corrected chi connectivity index (χ0v) is 9.35. The minimum absolute atomic E-state index is 0.0264. The number of hydrogen-bond donors (Lipinski definition) is 2. The average molecular weight is 223 g/mol. The maximum Gasteiger partial charge on any atom is 0.127 e. The molecule has 1 aromatic rings. The molecule has 16 heavy (non-hydrogen) atoms. The van der Waals surface area contributed by atoms with Gasteiger partial charge in [0, 0.05) is 18.1 Å². The summed E-state index contributed by atoms with van der Waals surface area (Å²) in [4.78, 5) is 0. The van der Waals surface area contributed by atoms with Crippen LogP contribution in [0.25, 0.3) is 0 Å². The number of nitrogens with two attached hydrogens (primary N) is 1. The molecule has 2 unspecified atom stereocenters. The predicted molar refractivity (Wildman–Crippen MR) is 60.7 cm³/mol. The molecule has 0 saturated carbocycles. The predicted octanol–water partition coefficient (Wildman–Crippen LogP) is 1.23. The van der Waals surface area contributed by atoms with Crippen LogP contribution >= 0.6 is 0 Å². The van der Waals surface area contributed by atoms with Crippen LogP contribution in [0.5, 0.6) is 11.5 Å². The number of ether oxygens (including phenoxy) is 2. The van der Waals surface area contributed by atoms with Crippen LogP contribution in [0.3, 0.4) is 0 Å². The molecule has 1 aromatic carbocycles. The summed E-state index contributed by atoms with van der Waals surface area (Å²) >= 11 is 0. The van der Waals surface area contributed by atoms with Gasteiger partial charge in [-0.25, -0.2) is 0 Å². The second-order valence-corrected chi connectivity index (χ2v) is 4.10. The summed E-state index contributed by atoms with van der Waals surface area (Å²) in [6.45, 7) is 2.78. The van der Waals surface area contributed by atoms with Crippen molar-refractivity contribution in [2.45, 2.75) is 25.5 Å². The lowest BCUT2D eigenvalue weighted by Crippen LogP contribution is -2.10. The van der Waals surface area contributed by atoms with Gasteiger partial charge in [0.15, 0.2) is 0 Å². The fourth-order valence-electron chi connectivity index (χ4n) is 1.65. The summed E-state index contributed by atoms with van der Waals surface area (Å²) in [7, 11) is 0. The first-order valence-corrected chi connectivity index (χ1v) is 5.50. The molecule has 2 atom stereocenters. The molecule has 2 rings (SSSR count). The molecule has 0 amide bonds. The smallest absolute Gasteiger partial charge is 0.127 e. The lowest BCUT2D eigenvalue weighted by molar-refractivity contribution is 0.155. The molecule has 1 aliphatic heterocycles. The molecular formula is C12H17NO3. The third-order valence-corrected chi connectivity index (χ3v) is 2.61. The minimum Gasteiger partial charge on any atom is -0.493 e. The molecule has 0 bridgehead atoms. The fourth-order valence-corrected chi connectivity index (χ4v) is 1.65. The first kappa shape index (κ1) is 11.2. The zero-order chi connectivity index (χ0) is 11.5. The van der Waals surface area contributed by atoms with Gasteiger partial charge in [0.05, 0.1) is 18.8 Å². The van der Waals surface area contributed by atoms with E-state index in [1.807, 2.05) is 18.2 Å². The minimum atomic E-state index is -0.334. The second-order valence-electron chi connectivity index (χ2n) is 4.10. The van der Waals surface area contributed by atoms with Gasteiger partial charge in [-0.2, -0.15) is 0 Å². The molecule has 0 fully saturated rings. The van der Waals surface area contributed by atoms with Crippen molar-refractivity contribution < 1.29 is 14.6 Å². The van der Waals surface area contributed by atoms with Gasteiger partial charge in [-0.3, -0.25) is 0 Å². The molecule has 0 saturated heterocycles. The van der Waals surface area contributed by atoms with Crippen molar-refractivity contribution in [3.63, 3.8) is 0 Å². The number of hydrogen-bond acceptors (Lipinski definition) is 4. The van der Waals surface area contributed by atoms with Crippen molar-refractivity contribution in [2.75, 3.05) is 13.2 Å². The van der Waals surface area contributed by atoms with Crippen molar-refractivity contribution in [1.82, 2.24) is 0 Å². The van der Waals surface area contributed by atoms with Gasteiger partial charge < -0.3 is 20.3 Å². The summed E-state index contributed by atoms with van der Waals surface area (Å²) in [5.74, 6) is 1.57. The topological polar surface area (TPSA) is 64.7 Å². The molecule has 0 spiro atoms. The van der Waals surface area contributed by atoms with Crippen molar-refractivity contribution in [2.24, 2.45) is 5.73 Å². The molecule has 4 nitrogen and oxygen atoms in total. The Balaban J connectivity index is 1.97. The average Bonchev–Trinajstić information content (AvgIpc) is 2.60. The molecular weight excluding hydrogens is 206 g/mol. The molecule has 0 radical (unpaired) electrons. The highest BCUT2D eigenvalue weighted by molar-refractivity contribution is 5.44. The molecule has 3 N–H and O–H groups in total. The molecule has 1 aliphatic rings. The van der Waals surface area contributed by atoms with E-state index in [0.29, 0.717) is 19.6 Å². The van der Waals surface area contributed by atoms with Crippen LogP contribution in [0.1, 0.15) is 24.9 Å². The van der Waals surface area contributed by atoms with Gasteiger partial charge in [0.2, 0.25) is 0 Å². The fraction of sp³-hybridized carbons (Fsp3) is 0.500. The van der Waals surface area contributed by atoms with Crippen LogP contribution < -0.4 is 15.2 Å². The van der Waals surface area contributed by atoms with Crippen LogP contribution in [-0.4, -0.2) is 24.4 Å². The van der Waals surface area contributed by atoms with Crippen LogP contribution in [-0.2, 0) is 0 Å². The molecule has 1 heterocycles. The number of benzene rings is 1. The lowest BCUT2D eigenvalue weighted by atomic mass is 10.1. The maximum absolute atomic E-state index is 9.10. The van der Waals surface area contributed by atoms with Crippen LogP contribution in [0, 0.1) is 0 Å². The van der Waals surface area contributed by atoms with E-state index in [9.17, 15) is 0 Å². The third-order valence-electron chi connectivity index (χ3n) is 2.61. The molecule has 4 heteroatoms. The Morgan fingerprint density at radius 2 is 2.44 bits per heavy atom. The zero-order valence-electron chi connectivity index (χ0n) is 9.35. The van der Waals surface area contributed by atoms with Gasteiger partial charge in [-0.15, -0.1) is 0 Å². The summed E-state index contributed by atoms with van der Waals surface area (Å²) in [6.07, 6.45) is 0.288. The summed E-state index contributed by atoms with van der Waals surface area (Å²) in [6, 6.07) is 5.64. The monoisotopic (exact) mass is 223 g/mol. The van der Waals surface area contributed by atoms with E-state index < -0.39 is 0 Å². The van der Waals surface area contributed by atoms with Gasteiger partial charge in [-0.1, -0.05) is 0 Å². The highest BCUT2D eigenvalue weighted by Crippen LogP contribution is 2.33. The molecule has 0 aliphatic carbocycles. The summed E-state index contributed by atoms with van der Waals surface area (Å²) in [5, 5.41) is 9.10. The number of rotatable bonds is 4. The Bertz CT molecular complexity index is 365. The van der Waals surface area contributed by atoms with Crippen molar-refractivity contribution in [3.8, 4) is 11.5 Å². The van der Waals surface area contributed by atoms with Crippen molar-refractivity contribution in [3.05, 3.63) is 23.8 Å². The van der Waals surface area contributed by atoms with E-state index in [-0.39, 0.29) is 12.1 Å². The van der Waals surface area contributed by atoms with Crippen LogP contribution in [0.2, 0.25) is 0 Å². The number of aliphatic hydroxyl groups is 1. The van der Waals surface area contributed by atoms with E-state index >= 15 is 0 Å². The first-order chi connectivity index (χ1) is 7.66. The Hall–Kier alpha value is -1.26. The Morgan fingerprint density at radius 1 is 1.62 bits per heavy atom. The van der Waals surface area contributed by atoms with Gasteiger partial charge in [0.1, 0.15) is 18.1 Å². The van der Waals surface area contributed by atoms with Crippen molar-refractivity contribution in [1.29, 1.82) is 0 Å². The normalized spacial score (nSPS) is 20.1. The number of aliphatic hydroxyl groups excluding tert-OH is 1. The highest BCUT2D eigenvalue weighted by Gasteiger charge is 2.20. The third kappa shape index (κ3) is 2.46. The summed E-state index contributed by atoms with van der Waals surface area (Å²) < 4.78 is 10.9. The Morgan fingerprint density at radius 3 is 3.19 bits per heavy atom. The van der Waals surface area contributed by atoms with E-state index in [0.717, 1.165) is 17.1 Å². The lowest BCUT2D eigenvalue weighted by Gasteiger charge is -2.09. The van der Waals surface area contributed by atoms with Gasteiger partial charge >= 0.3 is 0 Å². The molecule has 0 aromatic heterocycles. The standard InChI is InChI=1S/C12H17NO3/c1-8(14)4-5-15-9-2-3-10-11(13)7-16-12(10)6-9/h2-3,6,8,11,14H,4-5,7,13H2,1H3. The van der Waals surface area contributed by atoms with E-state index in [4.69, 9.17) is 20.3 Å². The van der Waals surface area contributed by atoms with Gasteiger partial charge in [0.25, 0.3) is 0 Å². The maximum atomic E-state index is 9.10. The van der Waals surface area contributed by atoms with Crippen LogP contribution in [0.4, 0.5) is 0 Å². The first-order valence-electron chi connectivity index (χ1n) is 5.50. The van der Waals surface area contributed by atoms with Gasteiger partial charge in [-0.05, 0) is 19.1 Å². The summed E-state index contributed by atoms with van der Waals surface area (Å²) in [5.41, 5.74) is 6.87. The van der Waals surface area contributed by atoms with E-state index in [2.05, 4.69) is 0 Å². The van der Waals surface area contributed by atoms with Crippen LogP contribution in [0.15, 0.2) is 18.2 Å².